The van der Waals surface area contributed by atoms with Gasteiger partial charge < -0.3 is 14.6 Å². The van der Waals surface area contributed by atoms with Gasteiger partial charge in [-0.2, -0.15) is 0 Å². The average Bonchev–Trinajstić information content (AvgIpc) is 3.18. The number of carbonyl (C=O) groups excluding carboxylic acids is 1. The van der Waals surface area contributed by atoms with Gasteiger partial charge in [0.1, 0.15) is 18.2 Å². The van der Waals surface area contributed by atoms with E-state index in [0.717, 1.165) is 22.6 Å². The number of imidazole rings is 1. The maximum atomic E-state index is 12.7. The maximum absolute atomic E-state index is 12.7. The second-order valence-electron chi connectivity index (χ2n) is 9.29. The minimum Gasteiger partial charge on any atom is -0.492 e. The molecule has 0 bridgehead atoms. The zero-order valence-corrected chi connectivity index (χ0v) is 19.7. The molecule has 5 nitrogen and oxygen atoms in total. The number of nitrogens with one attached hydrogen (secondary N) is 1. The monoisotopic (exact) mass is 441 g/mol. The molecule has 0 saturated heterocycles. The van der Waals surface area contributed by atoms with Crippen LogP contribution >= 0.6 is 0 Å². The molecule has 3 aromatic carbocycles. The smallest absolute Gasteiger partial charge is 0.251 e. The van der Waals surface area contributed by atoms with E-state index in [-0.39, 0.29) is 17.4 Å². The van der Waals surface area contributed by atoms with Crippen molar-refractivity contribution in [3.05, 3.63) is 95.8 Å². The summed E-state index contributed by atoms with van der Waals surface area (Å²) < 4.78 is 8.18. The molecule has 0 saturated carbocycles. The highest BCUT2D eigenvalue weighted by molar-refractivity contribution is 5.94. The van der Waals surface area contributed by atoms with Crippen LogP contribution in [0.2, 0.25) is 0 Å². The van der Waals surface area contributed by atoms with Crippen molar-refractivity contribution >= 4 is 16.9 Å². The number of benzene rings is 3. The van der Waals surface area contributed by atoms with E-state index < -0.39 is 0 Å². The zero-order chi connectivity index (χ0) is 23.4. The summed E-state index contributed by atoms with van der Waals surface area (Å²) in [6.07, 6.45) is 0. The average molecular weight is 442 g/mol. The Morgan fingerprint density at radius 1 is 0.970 bits per heavy atom. The molecule has 4 aromatic rings. The maximum Gasteiger partial charge on any atom is 0.251 e. The third kappa shape index (κ3) is 5.25. The van der Waals surface area contributed by atoms with Gasteiger partial charge >= 0.3 is 0 Å². The van der Waals surface area contributed by atoms with Crippen LogP contribution in [0.3, 0.4) is 0 Å². The number of hydrogen-bond donors (Lipinski definition) is 1. The summed E-state index contributed by atoms with van der Waals surface area (Å²) in [5, 5.41) is 3.08. The first kappa shape index (κ1) is 22.6. The fourth-order valence-corrected chi connectivity index (χ4v) is 3.90. The molecule has 1 N–H and O–H groups in total. The van der Waals surface area contributed by atoms with E-state index in [9.17, 15) is 4.79 Å². The SMILES string of the molecule is CC(NC(=O)c1ccccc1)c1nc2ccccc2n1CCOc1ccc(C(C)(C)C)cc1. The van der Waals surface area contributed by atoms with Gasteiger partial charge in [0.2, 0.25) is 0 Å². The number of nitrogens with zero attached hydrogens (tertiary/aromatic N) is 2. The highest BCUT2D eigenvalue weighted by Crippen LogP contribution is 2.25. The molecule has 0 radical (unpaired) electrons. The van der Waals surface area contributed by atoms with Gasteiger partial charge in [0.25, 0.3) is 5.91 Å². The summed E-state index contributed by atoms with van der Waals surface area (Å²) in [4.78, 5) is 17.5. The van der Waals surface area contributed by atoms with Gasteiger partial charge in [0.15, 0.2) is 0 Å². The van der Waals surface area contributed by atoms with Crippen LogP contribution in [0.15, 0.2) is 78.9 Å². The molecule has 1 unspecified atom stereocenters. The Hall–Kier alpha value is -3.60. The second kappa shape index (κ2) is 9.49. The normalized spacial score (nSPS) is 12.5. The molecule has 0 fully saturated rings. The zero-order valence-electron chi connectivity index (χ0n) is 19.7. The van der Waals surface area contributed by atoms with Crippen LogP contribution in [0.25, 0.3) is 11.0 Å². The van der Waals surface area contributed by atoms with Gasteiger partial charge in [-0.25, -0.2) is 4.98 Å². The molecule has 170 valence electrons. The third-order valence-corrected chi connectivity index (χ3v) is 5.76. The Balaban J connectivity index is 1.50. The first-order chi connectivity index (χ1) is 15.8. The van der Waals surface area contributed by atoms with E-state index >= 15 is 0 Å². The fraction of sp³-hybridized carbons (Fsp3) is 0.286. The molecule has 0 spiro atoms. The van der Waals surface area contributed by atoms with Gasteiger partial charge in [-0.05, 0) is 54.3 Å². The van der Waals surface area contributed by atoms with Crippen molar-refractivity contribution < 1.29 is 9.53 Å². The van der Waals surface area contributed by atoms with Gasteiger partial charge in [-0.3, -0.25) is 4.79 Å². The topological polar surface area (TPSA) is 56.2 Å². The first-order valence-electron chi connectivity index (χ1n) is 11.4. The molecule has 33 heavy (non-hydrogen) atoms. The number of rotatable bonds is 7. The van der Waals surface area contributed by atoms with Crippen LogP contribution in [-0.4, -0.2) is 22.1 Å². The lowest BCUT2D eigenvalue weighted by Gasteiger charge is -2.19. The lowest BCUT2D eigenvalue weighted by molar-refractivity contribution is 0.0937. The first-order valence-corrected chi connectivity index (χ1v) is 11.4. The van der Waals surface area contributed by atoms with Crippen molar-refractivity contribution in [2.75, 3.05) is 6.61 Å². The number of fused-ring (bicyclic) bond motifs is 1. The van der Waals surface area contributed by atoms with Gasteiger partial charge in [0.05, 0.1) is 23.6 Å². The predicted octanol–water partition coefficient (Wildman–Crippen LogP) is 5.90. The van der Waals surface area contributed by atoms with E-state index in [1.807, 2.05) is 67.6 Å². The molecule has 1 atom stereocenters. The summed E-state index contributed by atoms with van der Waals surface area (Å²) in [6, 6.07) is 25.3. The number of aromatic nitrogens is 2. The van der Waals surface area contributed by atoms with Crippen molar-refractivity contribution in [3.63, 3.8) is 0 Å². The molecular weight excluding hydrogens is 410 g/mol. The lowest BCUT2D eigenvalue weighted by atomic mass is 9.87. The molecule has 1 amide bonds. The number of hydrogen-bond acceptors (Lipinski definition) is 3. The van der Waals surface area contributed by atoms with Crippen molar-refractivity contribution in [2.45, 2.75) is 45.7 Å². The van der Waals surface area contributed by atoms with Crippen LogP contribution < -0.4 is 10.1 Å². The van der Waals surface area contributed by atoms with E-state index in [1.165, 1.54) is 5.56 Å². The predicted molar refractivity (Wildman–Crippen MR) is 133 cm³/mol. The number of amides is 1. The van der Waals surface area contributed by atoms with Crippen LogP contribution in [0.4, 0.5) is 0 Å². The molecule has 0 aliphatic heterocycles. The lowest BCUT2D eigenvalue weighted by Crippen LogP contribution is -2.29. The largest absolute Gasteiger partial charge is 0.492 e. The van der Waals surface area contributed by atoms with Gasteiger partial charge in [0, 0.05) is 5.56 Å². The number of para-hydroxylation sites is 2. The van der Waals surface area contributed by atoms with Crippen molar-refractivity contribution in [2.24, 2.45) is 0 Å². The summed E-state index contributed by atoms with van der Waals surface area (Å²) >= 11 is 0. The van der Waals surface area contributed by atoms with E-state index in [0.29, 0.717) is 18.7 Å². The summed E-state index contributed by atoms with van der Waals surface area (Å²) in [6.45, 7) is 9.69. The standard InChI is InChI=1S/C28H31N3O2/c1-20(29-27(32)21-10-6-5-7-11-21)26-30-24-12-8-9-13-25(24)31(26)18-19-33-23-16-14-22(15-17-23)28(2,3)4/h5-17,20H,18-19H2,1-4H3,(H,29,32). The Morgan fingerprint density at radius 3 is 2.33 bits per heavy atom. The Morgan fingerprint density at radius 2 is 1.64 bits per heavy atom. The van der Waals surface area contributed by atoms with E-state index in [2.05, 4.69) is 48.9 Å². The van der Waals surface area contributed by atoms with Gasteiger partial charge in [-0.1, -0.05) is 63.2 Å². The number of carbonyl (C=O) groups is 1. The van der Waals surface area contributed by atoms with E-state index in [1.54, 1.807) is 0 Å². The second-order valence-corrected chi connectivity index (χ2v) is 9.29. The fourth-order valence-electron chi connectivity index (χ4n) is 3.90. The Kier molecular flexibility index (Phi) is 6.50. The molecule has 1 aromatic heterocycles. The summed E-state index contributed by atoms with van der Waals surface area (Å²) in [5.41, 5.74) is 3.96. The quantitative estimate of drug-likeness (QED) is 0.388. The van der Waals surface area contributed by atoms with Crippen molar-refractivity contribution in [1.29, 1.82) is 0 Å². The van der Waals surface area contributed by atoms with Crippen LogP contribution in [0, 0.1) is 0 Å². The molecule has 1 heterocycles. The number of ether oxygens (including phenoxy) is 1. The van der Waals surface area contributed by atoms with Crippen LogP contribution in [-0.2, 0) is 12.0 Å². The Bertz CT molecular complexity index is 1220. The molecule has 0 aliphatic carbocycles. The Labute approximate surface area is 195 Å². The van der Waals surface area contributed by atoms with Crippen LogP contribution in [0.5, 0.6) is 5.75 Å². The van der Waals surface area contributed by atoms with E-state index in [4.69, 9.17) is 9.72 Å². The molecule has 0 aliphatic rings. The van der Waals surface area contributed by atoms with Gasteiger partial charge in [-0.15, -0.1) is 0 Å². The van der Waals surface area contributed by atoms with Crippen LogP contribution in [0.1, 0.15) is 55.5 Å². The minimum absolute atomic E-state index is 0.114. The minimum atomic E-state index is -0.254. The van der Waals surface area contributed by atoms with Crippen molar-refractivity contribution in [3.8, 4) is 5.75 Å². The summed E-state index contributed by atoms with van der Waals surface area (Å²) in [7, 11) is 0. The highest BCUT2D eigenvalue weighted by atomic mass is 16.5. The summed E-state index contributed by atoms with van der Waals surface area (Å²) in [5.74, 6) is 1.54. The molecule has 4 rings (SSSR count). The molecule has 5 heteroatoms. The highest BCUT2D eigenvalue weighted by Gasteiger charge is 2.19. The third-order valence-electron chi connectivity index (χ3n) is 5.76. The van der Waals surface area contributed by atoms with Crippen molar-refractivity contribution in [1.82, 2.24) is 14.9 Å². The molecular formula is C28H31N3O2.